The summed E-state index contributed by atoms with van der Waals surface area (Å²) in [5.41, 5.74) is 7.41. The van der Waals surface area contributed by atoms with E-state index in [0.717, 1.165) is 5.56 Å². The molecule has 1 rings (SSSR count). The van der Waals surface area contributed by atoms with Gasteiger partial charge in [0.2, 0.25) is 5.91 Å². The van der Waals surface area contributed by atoms with E-state index < -0.39 is 36.2 Å². The first-order chi connectivity index (χ1) is 13.8. The average molecular weight is 407 g/mol. The summed E-state index contributed by atoms with van der Waals surface area (Å²) in [4.78, 5) is 38.5. The zero-order valence-corrected chi connectivity index (χ0v) is 16.3. The van der Waals surface area contributed by atoms with Crippen LogP contribution in [0.15, 0.2) is 35.4 Å². The molecule has 0 saturated heterocycles. The minimum Gasteiger partial charge on any atom is -0.464 e. The highest BCUT2D eigenvalue weighted by molar-refractivity contribution is 5.88. The lowest BCUT2D eigenvalue weighted by Gasteiger charge is -2.30. The highest BCUT2D eigenvalue weighted by Gasteiger charge is 2.38. The smallest absolute Gasteiger partial charge is 0.407 e. The molecule has 0 unspecified atom stereocenters. The highest BCUT2D eigenvalue weighted by Crippen LogP contribution is 2.16. The number of rotatable bonds is 11. The predicted octanol–water partition coefficient (Wildman–Crippen LogP) is 1.41. The fraction of sp³-hybridized carbons (Fsp3) is 0.500. The summed E-state index contributed by atoms with van der Waals surface area (Å²) in [5, 5.41) is 18.2. The summed E-state index contributed by atoms with van der Waals surface area (Å²) in [6.45, 7) is 2.31. The fourth-order valence-electron chi connectivity index (χ4n) is 2.13. The van der Waals surface area contributed by atoms with Gasteiger partial charge in [0, 0.05) is 4.91 Å². The van der Waals surface area contributed by atoms with Gasteiger partial charge in [0.25, 0.3) is 0 Å². The van der Waals surface area contributed by atoms with Crippen molar-refractivity contribution in [2.45, 2.75) is 38.5 Å². The van der Waals surface area contributed by atoms with E-state index in [1.54, 1.807) is 31.2 Å². The quantitative estimate of drug-likeness (QED) is 0.165. The van der Waals surface area contributed by atoms with Gasteiger partial charge in [0.05, 0.1) is 18.8 Å². The van der Waals surface area contributed by atoms with Crippen LogP contribution in [0.4, 0.5) is 4.79 Å². The Morgan fingerprint density at radius 2 is 1.97 bits per heavy atom. The summed E-state index contributed by atoms with van der Waals surface area (Å²) < 4.78 is 9.90. The van der Waals surface area contributed by atoms with Gasteiger partial charge in [-0.15, -0.1) is 0 Å². The number of hydrogen-bond donors (Lipinski definition) is 3. The zero-order chi connectivity index (χ0) is 21.7. The minimum atomic E-state index is -1.58. The molecule has 2 atom stereocenters. The molecule has 29 heavy (non-hydrogen) atoms. The van der Waals surface area contributed by atoms with Crippen LogP contribution in [0.2, 0.25) is 0 Å². The van der Waals surface area contributed by atoms with Crippen molar-refractivity contribution in [3.05, 3.63) is 46.3 Å². The van der Waals surface area contributed by atoms with Gasteiger partial charge < -0.3 is 25.2 Å². The van der Waals surface area contributed by atoms with Gasteiger partial charge in [-0.3, -0.25) is 4.79 Å². The Hall–Kier alpha value is -3.30. The summed E-state index contributed by atoms with van der Waals surface area (Å²) in [6, 6.07) is 7.63. The molecule has 0 aliphatic heterocycles. The first kappa shape index (κ1) is 23.7. The van der Waals surface area contributed by atoms with Gasteiger partial charge in [-0.2, -0.15) is 0 Å². The number of carbonyl (C=O) groups excluding carboxylic acids is 3. The SMILES string of the molecule is CC[C@](C)(O)[C@H](NC(=O)CNC(=O)OCc1ccccc1)C(=O)OCCN=[N+]=[N-]. The summed E-state index contributed by atoms with van der Waals surface area (Å²) in [5.74, 6) is -1.60. The molecule has 0 saturated carbocycles. The maximum atomic E-state index is 12.2. The Kier molecular flexibility index (Phi) is 10.00. The normalized spacial score (nSPS) is 13.2. The Bertz CT molecular complexity index is 734. The van der Waals surface area contributed by atoms with Crippen molar-refractivity contribution < 1.29 is 29.0 Å². The molecule has 0 bridgehead atoms. The molecule has 158 valence electrons. The van der Waals surface area contributed by atoms with Crippen LogP contribution >= 0.6 is 0 Å². The van der Waals surface area contributed by atoms with Crippen LogP contribution in [-0.2, 0) is 25.7 Å². The standard InChI is InChI=1S/C18H25N5O6/c1-3-18(2,27)15(16(25)28-10-9-21-23-19)22-14(24)11-20-17(26)29-12-13-7-5-4-6-8-13/h4-8,15,27H,3,9-12H2,1-2H3,(H,20,26)(H,22,24)/t15-,18+/m1/s1. The molecule has 0 heterocycles. The van der Waals surface area contributed by atoms with Crippen LogP contribution in [0, 0.1) is 0 Å². The Balaban J connectivity index is 2.52. The van der Waals surface area contributed by atoms with Gasteiger partial charge in [0.1, 0.15) is 13.2 Å². The van der Waals surface area contributed by atoms with E-state index in [1.165, 1.54) is 6.92 Å². The molecule has 0 fully saturated rings. The topological polar surface area (TPSA) is 163 Å². The minimum absolute atomic E-state index is 0.0406. The second-order valence-corrected chi connectivity index (χ2v) is 6.25. The first-order valence-electron chi connectivity index (χ1n) is 8.94. The molecule has 0 aliphatic rings. The Labute approximate surface area is 168 Å². The van der Waals surface area contributed by atoms with Crippen LogP contribution < -0.4 is 10.6 Å². The first-order valence-corrected chi connectivity index (χ1v) is 8.94. The number of amides is 2. The maximum absolute atomic E-state index is 12.2. The third kappa shape index (κ3) is 8.96. The van der Waals surface area contributed by atoms with Gasteiger partial charge >= 0.3 is 12.1 Å². The number of alkyl carbamates (subject to hydrolysis) is 1. The van der Waals surface area contributed by atoms with Crippen LogP contribution in [0.5, 0.6) is 0 Å². The molecule has 0 aromatic heterocycles. The van der Waals surface area contributed by atoms with Crippen molar-refractivity contribution in [3.63, 3.8) is 0 Å². The molecule has 1 aromatic carbocycles. The molecular weight excluding hydrogens is 382 g/mol. The lowest BCUT2D eigenvalue weighted by molar-refractivity contribution is -0.155. The molecular formula is C18H25N5O6. The lowest BCUT2D eigenvalue weighted by Crippen LogP contribution is -2.57. The van der Waals surface area contributed by atoms with E-state index >= 15 is 0 Å². The number of benzene rings is 1. The van der Waals surface area contributed by atoms with Crippen molar-refractivity contribution >= 4 is 18.0 Å². The molecule has 0 spiro atoms. The van der Waals surface area contributed by atoms with E-state index in [0.29, 0.717) is 0 Å². The number of azide groups is 1. The van der Waals surface area contributed by atoms with E-state index in [2.05, 4.69) is 20.7 Å². The molecule has 0 radical (unpaired) electrons. The molecule has 3 N–H and O–H groups in total. The van der Waals surface area contributed by atoms with E-state index in [9.17, 15) is 19.5 Å². The number of carbonyl (C=O) groups is 3. The third-order valence-corrected chi connectivity index (χ3v) is 3.98. The van der Waals surface area contributed by atoms with Gasteiger partial charge in [0.15, 0.2) is 6.04 Å². The number of nitrogens with zero attached hydrogens (tertiary/aromatic N) is 3. The molecule has 1 aromatic rings. The number of esters is 1. The van der Waals surface area contributed by atoms with E-state index in [-0.39, 0.29) is 26.2 Å². The molecule has 11 nitrogen and oxygen atoms in total. The van der Waals surface area contributed by atoms with Crippen LogP contribution in [0.1, 0.15) is 25.8 Å². The largest absolute Gasteiger partial charge is 0.464 e. The maximum Gasteiger partial charge on any atom is 0.407 e. The molecule has 2 amide bonds. The number of ether oxygens (including phenoxy) is 2. The van der Waals surface area contributed by atoms with Gasteiger partial charge in [-0.05, 0) is 24.4 Å². The van der Waals surface area contributed by atoms with E-state index in [1.807, 2.05) is 6.07 Å². The Morgan fingerprint density at radius 3 is 2.59 bits per heavy atom. The second-order valence-electron chi connectivity index (χ2n) is 6.25. The molecule has 11 heteroatoms. The summed E-state index contributed by atoms with van der Waals surface area (Å²) >= 11 is 0. The number of nitrogens with one attached hydrogen (secondary N) is 2. The monoisotopic (exact) mass is 407 g/mol. The predicted molar refractivity (Wildman–Crippen MR) is 102 cm³/mol. The lowest BCUT2D eigenvalue weighted by atomic mass is 9.93. The second kappa shape index (κ2) is 12.2. The number of aliphatic hydroxyl groups is 1. The number of hydrogen-bond acceptors (Lipinski definition) is 7. The van der Waals surface area contributed by atoms with Crippen LogP contribution in [0.25, 0.3) is 10.4 Å². The van der Waals surface area contributed by atoms with Crippen molar-refractivity contribution in [2.75, 3.05) is 19.7 Å². The third-order valence-electron chi connectivity index (χ3n) is 3.98. The fourth-order valence-corrected chi connectivity index (χ4v) is 2.13. The highest BCUT2D eigenvalue weighted by atomic mass is 16.5. The van der Waals surface area contributed by atoms with Crippen molar-refractivity contribution in [3.8, 4) is 0 Å². The van der Waals surface area contributed by atoms with Crippen molar-refractivity contribution in [1.29, 1.82) is 0 Å². The molecule has 0 aliphatic carbocycles. The van der Waals surface area contributed by atoms with Crippen molar-refractivity contribution in [1.82, 2.24) is 10.6 Å². The van der Waals surface area contributed by atoms with Gasteiger partial charge in [-0.25, -0.2) is 9.59 Å². The van der Waals surface area contributed by atoms with Crippen molar-refractivity contribution in [2.24, 2.45) is 5.11 Å². The van der Waals surface area contributed by atoms with E-state index in [4.69, 9.17) is 15.0 Å². The van der Waals surface area contributed by atoms with Crippen LogP contribution in [-0.4, -0.2) is 54.4 Å². The van der Waals surface area contributed by atoms with Gasteiger partial charge in [-0.1, -0.05) is 42.4 Å². The van der Waals surface area contributed by atoms with Crippen LogP contribution in [0.3, 0.4) is 0 Å². The average Bonchev–Trinajstić information content (AvgIpc) is 2.72. The summed E-state index contributed by atoms with van der Waals surface area (Å²) in [6.07, 6.45) is -0.657. The Morgan fingerprint density at radius 1 is 1.28 bits per heavy atom. The zero-order valence-electron chi connectivity index (χ0n) is 16.3. The summed E-state index contributed by atoms with van der Waals surface area (Å²) in [7, 11) is 0.